The SMILES string of the molecule is Cc1c(Cl)cc2cn[nH]c2c1-c1ccc2c(N3C[C@H]4CC[C@@H](C3)N4)nc(OC[C@@]34CCCN3C[C@H](F)C4)nc2c1F. The van der Waals surface area contributed by atoms with E-state index in [1.54, 1.807) is 12.3 Å². The first kappa shape index (κ1) is 25.6. The second-order valence-electron chi connectivity index (χ2n) is 12.3. The van der Waals surface area contributed by atoms with Gasteiger partial charge in [0.25, 0.3) is 0 Å². The lowest BCUT2D eigenvalue weighted by Gasteiger charge is -2.34. The highest BCUT2D eigenvalue weighted by molar-refractivity contribution is 6.33. The van der Waals surface area contributed by atoms with Gasteiger partial charge in [-0.15, -0.1) is 0 Å². The number of hydrogen-bond acceptors (Lipinski definition) is 7. The van der Waals surface area contributed by atoms with Gasteiger partial charge in [-0.1, -0.05) is 17.7 Å². The van der Waals surface area contributed by atoms with Crippen molar-refractivity contribution in [2.75, 3.05) is 37.7 Å². The van der Waals surface area contributed by atoms with Gasteiger partial charge >= 0.3 is 6.01 Å². The Hall–Kier alpha value is -3.08. The minimum Gasteiger partial charge on any atom is -0.461 e. The molecule has 41 heavy (non-hydrogen) atoms. The lowest BCUT2D eigenvalue weighted by molar-refractivity contribution is 0.107. The van der Waals surface area contributed by atoms with Gasteiger partial charge in [-0.3, -0.25) is 10.00 Å². The predicted molar refractivity (Wildman–Crippen MR) is 155 cm³/mol. The zero-order valence-corrected chi connectivity index (χ0v) is 23.6. The summed E-state index contributed by atoms with van der Waals surface area (Å²) in [5, 5.41) is 12.8. The van der Waals surface area contributed by atoms with Crippen LogP contribution in [0.2, 0.25) is 5.02 Å². The molecule has 4 aromatic rings. The molecule has 8 rings (SSSR count). The molecule has 0 spiro atoms. The Kier molecular flexibility index (Phi) is 5.92. The van der Waals surface area contributed by atoms with E-state index in [2.05, 4.69) is 30.3 Å². The summed E-state index contributed by atoms with van der Waals surface area (Å²) in [4.78, 5) is 14.0. The number of aromatic nitrogens is 4. The highest BCUT2D eigenvalue weighted by Gasteiger charge is 2.49. The minimum atomic E-state index is -0.858. The molecule has 214 valence electrons. The van der Waals surface area contributed by atoms with Gasteiger partial charge in [-0.25, -0.2) is 8.78 Å². The number of nitrogens with one attached hydrogen (secondary N) is 2. The molecular formula is C30H32ClF2N7O. The van der Waals surface area contributed by atoms with Crippen LogP contribution in [0.3, 0.4) is 0 Å². The van der Waals surface area contributed by atoms with Crippen LogP contribution < -0.4 is 15.0 Å². The van der Waals surface area contributed by atoms with Gasteiger partial charge in [-0.2, -0.15) is 15.1 Å². The Balaban J connectivity index is 1.25. The van der Waals surface area contributed by atoms with Gasteiger partial charge < -0.3 is 15.0 Å². The van der Waals surface area contributed by atoms with E-state index < -0.39 is 12.0 Å². The molecule has 2 bridgehead atoms. The zero-order chi connectivity index (χ0) is 27.9. The Bertz CT molecular complexity index is 1670. The van der Waals surface area contributed by atoms with Gasteiger partial charge in [0.05, 0.1) is 17.3 Å². The number of ether oxygens (including phenoxy) is 1. The largest absolute Gasteiger partial charge is 0.461 e. The van der Waals surface area contributed by atoms with E-state index in [1.807, 2.05) is 19.1 Å². The van der Waals surface area contributed by atoms with Crippen LogP contribution in [0.1, 0.15) is 37.7 Å². The molecule has 0 unspecified atom stereocenters. The molecule has 4 atom stereocenters. The number of aromatic amines is 1. The number of benzene rings is 2. The Morgan fingerprint density at radius 2 is 2.00 bits per heavy atom. The fourth-order valence-corrected chi connectivity index (χ4v) is 7.95. The first-order valence-electron chi connectivity index (χ1n) is 14.5. The van der Waals surface area contributed by atoms with Gasteiger partial charge in [0.15, 0.2) is 5.82 Å². The first-order chi connectivity index (χ1) is 19.9. The summed E-state index contributed by atoms with van der Waals surface area (Å²) < 4.78 is 37.4. The number of anilines is 1. The number of alkyl halides is 1. The molecule has 0 saturated carbocycles. The van der Waals surface area contributed by atoms with E-state index in [4.69, 9.17) is 21.3 Å². The van der Waals surface area contributed by atoms with Crippen LogP contribution in [0, 0.1) is 12.7 Å². The normalized spacial score (nSPS) is 27.8. The molecule has 6 heterocycles. The molecule has 4 saturated heterocycles. The Labute approximate surface area is 241 Å². The summed E-state index contributed by atoms with van der Waals surface area (Å²) in [6.45, 7) is 5.05. The third-order valence-corrected chi connectivity index (χ3v) is 10.1. The van der Waals surface area contributed by atoms with Crippen LogP contribution >= 0.6 is 11.6 Å². The first-order valence-corrected chi connectivity index (χ1v) is 14.9. The molecule has 4 aliphatic heterocycles. The lowest BCUT2D eigenvalue weighted by Crippen LogP contribution is -2.51. The number of piperazine rings is 1. The topological polar surface area (TPSA) is 82.2 Å². The summed E-state index contributed by atoms with van der Waals surface area (Å²) in [7, 11) is 0. The number of halogens is 3. The van der Waals surface area contributed by atoms with Gasteiger partial charge in [-0.05, 0) is 56.8 Å². The minimum absolute atomic E-state index is 0.132. The molecule has 2 aromatic heterocycles. The highest BCUT2D eigenvalue weighted by Crippen LogP contribution is 2.42. The summed E-state index contributed by atoms with van der Waals surface area (Å²) >= 11 is 6.56. The van der Waals surface area contributed by atoms with E-state index in [9.17, 15) is 4.39 Å². The zero-order valence-electron chi connectivity index (χ0n) is 22.9. The van der Waals surface area contributed by atoms with Crippen molar-refractivity contribution in [2.45, 2.75) is 62.8 Å². The molecule has 0 radical (unpaired) electrons. The highest BCUT2D eigenvalue weighted by atomic mass is 35.5. The second kappa shape index (κ2) is 9.47. The molecule has 11 heteroatoms. The second-order valence-corrected chi connectivity index (χ2v) is 12.7. The molecule has 2 N–H and O–H groups in total. The maximum Gasteiger partial charge on any atom is 0.319 e. The van der Waals surface area contributed by atoms with Crippen molar-refractivity contribution in [2.24, 2.45) is 0 Å². The molecule has 8 nitrogen and oxygen atoms in total. The number of hydrogen-bond donors (Lipinski definition) is 2. The molecule has 0 amide bonds. The van der Waals surface area contributed by atoms with Crippen LogP contribution in [-0.4, -0.2) is 81.6 Å². The average Bonchev–Trinajstić information content (AvgIpc) is 3.72. The number of fused-ring (bicyclic) bond motifs is 5. The van der Waals surface area contributed by atoms with Crippen molar-refractivity contribution in [1.29, 1.82) is 0 Å². The van der Waals surface area contributed by atoms with E-state index in [1.165, 1.54) is 0 Å². The molecule has 4 aliphatic rings. The molecule has 2 aromatic carbocycles. The summed E-state index contributed by atoms with van der Waals surface area (Å²) in [5.74, 6) is 0.222. The lowest BCUT2D eigenvalue weighted by atomic mass is 9.95. The maximum atomic E-state index is 16.7. The van der Waals surface area contributed by atoms with Crippen LogP contribution in [0.5, 0.6) is 6.01 Å². The smallest absolute Gasteiger partial charge is 0.319 e. The number of nitrogens with zero attached hydrogens (tertiary/aromatic N) is 5. The van der Waals surface area contributed by atoms with E-state index >= 15 is 4.39 Å². The maximum absolute atomic E-state index is 16.7. The monoisotopic (exact) mass is 579 g/mol. The van der Waals surface area contributed by atoms with Gasteiger partial charge in [0.2, 0.25) is 0 Å². The van der Waals surface area contributed by atoms with Crippen molar-refractivity contribution in [3.8, 4) is 17.1 Å². The van der Waals surface area contributed by atoms with Gasteiger partial charge in [0, 0.05) is 65.1 Å². The number of rotatable bonds is 5. The van der Waals surface area contributed by atoms with Crippen molar-refractivity contribution in [3.05, 3.63) is 40.8 Å². The molecule has 0 aliphatic carbocycles. The van der Waals surface area contributed by atoms with Crippen molar-refractivity contribution < 1.29 is 13.5 Å². The van der Waals surface area contributed by atoms with E-state index in [-0.39, 0.29) is 23.7 Å². The van der Waals surface area contributed by atoms with Crippen LogP contribution in [-0.2, 0) is 0 Å². The number of H-pyrrole nitrogens is 1. The van der Waals surface area contributed by atoms with Gasteiger partial charge in [0.1, 0.15) is 24.1 Å². The van der Waals surface area contributed by atoms with Crippen LogP contribution in [0.25, 0.3) is 32.9 Å². The molecular weight excluding hydrogens is 548 g/mol. The fraction of sp³-hybridized carbons (Fsp3) is 0.500. The quantitative estimate of drug-likeness (QED) is 0.338. The summed E-state index contributed by atoms with van der Waals surface area (Å²) in [6.07, 6.45) is 5.39. The molecule has 4 fully saturated rings. The van der Waals surface area contributed by atoms with Crippen LogP contribution in [0.15, 0.2) is 24.4 Å². The summed E-state index contributed by atoms with van der Waals surface area (Å²) in [5.41, 5.74) is 2.38. The average molecular weight is 580 g/mol. The third-order valence-electron chi connectivity index (χ3n) is 9.72. The van der Waals surface area contributed by atoms with Crippen molar-refractivity contribution in [3.63, 3.8) is 0 Å². The van der Waals surface area contributed by atoms with Crippen molar-refractivity contribution >= 4 is 39.2 Å². The Morgan fingerprint density at radius 1 is 1.17 bits per heavy atom. The van der Waals surface area contributed by atoms with E-state index in [0.717, 1.165) is 61.8 Å². The van der Waals surface area contributed by atoms with Crippen molar-refractivity contribution in [1.82, 2.24) is 30.4 Å². The standard InChI is InChI=1S/C30H32ClF2N7O/c1-16-23(31)9-17-11-34-38-26(17)24(16)21-5-6-22-27(25(21)33)36-29(37-28(22)39-13-19-3-4-20(14-39)35-19)41-15-30-7-2-8-40(30)12-18(32)10-30/h5-6,9,11,18-20,35H,2-4,7-8,10,12-15H2,1H3,(H,34,38)/t18-,19-,20+,30+/m1/s1. The van der Waals surface area contributed by atoms with E-state index in [0.29, 0.717) is 52.4 Å². The Morgan fingerprint density at radius 3 is 2.83 bits per heavy atom. The van der Waals surface area contributed by atoms with Crippen LogP contribution in [0.4, 0.5) is 14.6 Å². The fourth-order valence-electron chi connectivity index (χ4n) is 7.74. The summed E-state index contributed by atoms with van der Waals surface area (Å²) in [6, 6.07) is 6.41. The third kappa shape index (κ3) is 4.09. The predicted octanol–water partition coefficient (Wildman–Crippen LogP) is 5.17.